The van der Waals surface area contributed by atoms with Crippen molar-refractivity contribution in [1.82, 2.24) is 16.0 Å². The Morgan fingerprint density at radius 1 is 1.10 bits per heavy atom. The minimum Gasteiger partial charge on any atom is -0.466 e. The average molecular weight is 572 g/mol. The van der Waals surface area contributed by atoms with Crippen LogP contribution in [0.5, 0.6) is 0 Å². The molecule has 3 rings (SSSR count). The van der Waals surface area contributed by atoms with Crippen molar-refractivity contribution in [3.8, 4) is 0 Å². The molecule has 2 aromatic rings. The van der Waals surface area contributed by atoms with Crippen molar-refractivity contribution in [1.29, 1.82) is 0 Å². The number of furan rings is 1. The number of amides is 2. The molecule has 0 bridgehead atoms. The molecular formula is C31H45N3O7. The van der Waals surface area contributed by atoms with Crippen LogP contribution >= 0.6 is 0 Å². The summed E-state index contributed by atoms with van der Waals surface area (Å²) in [5.74, 6) is -1.26. The topological polar surface area (TPSA) is 136 Å². The molecule has 41 heavy (non-hydrogen) atoms. The molecule has 0 saturated carbocycles. The van der Waals surface area contributed by atoms with Crippen LogP contribution in [0, 0.1) is 5.92 Å². The second kappa shape index (κ2) is 14.0. The molecule has 1 fully saturated rings. The molecule has 0 radical (unpaired) electrons. The Bertz CT molecular complexity index is 1220. The number of ether oxygens (including phenoxy) is 2. The fourth-order valence-corrected chi connectivity index (χ4v) is 5.22. The Morgan fingerprint density at radius 3 is 2.41 bits per heavy atom. The third-order valence-corrected chi connectivity index (χ3v) is 7.09. The molecule has 0 spiro atoms. The van der Waals surface area contributed by atoms with Crippen molar-refractivity contribution in [2.75, 3.05) is 13.2 Å². The lowest BCUT2D eigenvalue weighted by Gasteiger charge is -2.31. The van der Waals surface area contributed by atoms with E-state index in [0.717, 1.165) is 30.3 Å². The van der Waals surface area contributed by atoms with E-state index < -0.39 is 35.6 Å². The molecule has 3 N–H and O–H groups in total. The molecule has 10 nitrogen and oxygen atoms in total. The molecule has 1 aromatic carbocycles. The van der Waals surface area contributed by atoms with Gasteiger partial charge in [-0.1, -0.05) is 32.0 Å². The van der Waals surface area contributed by atoms with Gasteiger partial charge in [-0.3, -0.25) is 14.4 Å². The average Bonchev–Trinajstić information content (AvgIpc) is 3.53. The number of aryl methyl sites for hydroxylation is 1. The van der Waals surface area contributed by atoms with E-state index in [4.69, 9.17) is 13.9 Å². The van der Waals surface area contributed by atoms with Crippen LogP contribution in [0.15, 0.2) is 28.7 Å². The monoisotopic (exact) mass is 571 g/mol. The highest BCUT2D eigenvalue weighted by Gasteiger charge is 2.41. The van der Waals surface area contributed by atoms with Gasteiger partial charge in [0.25, 0.3) is 0 Å². The van der Waals surface area contributed by atoms with Crippen molar-refractivity contribution in [2.24, 2.45) is 5.92 Å². The normalized spacial score (nSPS) is 17.6. The summed E-state index contributed by atoms with van der Waals surface area (Å²) >= 11 is 0. The standard InChI is InChI=1S/C31H45N3O7/c1-8-39-24(35)16-15-23-25(20-12-9-10-14-22(20)40-23)26(21-13-11-17-32-21)28(36)27(18(2)3)34-29(37)19(4)33-30(38)41-31(5,6)7/h9-10,12,14,18-19,21,26-27,32H,8,11,13,15-17H2,1-7H3,(H,33,38)(H,34,37). The Hall–Kier alpha value is -3.40. The molecule has 0 aliphatic carbocycles. The number of alkyl carbamates (subject to hydrolysis) is 1. The van der Waals surface area contributed by atoms with Crippen molar-refractivity contribution in [2.45, 2.75) is 104 Å². The van der Waals surface area contributed by atoms with E-state index in [2.05, 4.69) is 16.0 Å². The van der Waals surface area contributed by atoms with Crippen molar-refractivity contribution in [3.05, 3.63) is 35.6 Å². The number of esters is 1. The Morgan fingerprint density at radius 2 is 1.80 bits per heavy atom. The van der Waals surface area contributed by atoms with E-state index in [1.807, 2.05) is 38.1 Å². The van der Waals surface area contributed by atoms with Crippen LogP contribution < -0.4 is 16.0 Å². The summed E-state index contributed by atoms with van der Waals surface area (Å²) in [7, 11) is 0. The van der Waals surface area contributed by atoms with Crippen molar-refractivity contribution < 1.29 is 33.1 Å². The van der Waals surface area contributed by atoms with Gasteiger partial charge < -0.3 is 29.8 Å². The van der Waals surface area contributed by atoms with Gasteiger partial charge in [-0.25, -0.2) is 4.79 Å². The smallest absolute Gasteiger partial charge is 0.408 e. The number of nitrogens with one attached hydrogen (secondary N) is 3. The summed E-state index contributed by atoms with van der Waals surface area (Å²) in [5, 5.41) is 9.73. The van der Waals surface area contributed by atoms with Gasteiger partial charge in [0.05, 0.1) is 25.0 Å². The molecule has 4 atom stereocenters. The first kappa shape index (κ1) is 32.1. The molecule has 10 heteroatoms. The minimum atomic E-state index is -0.920. The van der Waals surface area contributed by atoms with E-state index in [1.165, 1.54) is 0 Å². The number of hydrogen-bond acceptors (Lipinski definition) is 8. The number of fused-ring (bicyclic) bond motifs is 1. The van der Waals surface area contributed by atoms with Crippen LogP contribution in [0.2, 0.25) is 0 Å². The lowest BCUT2D eigenvalue weighted by Crippen LogP contribution is -2.54. The van der Waals surface area contributed by atoms with E-state index in [0.29, 0.717) is 11.3 Å². The number of rotatable bonds is 12. The molecule has 2 amide bonds. The Balaban J connectivity index is 1.94. The van der Waals surface area contributed by atoms with Crippen LogP contribution in [0.4, 0.5) is 4.79 Å². The minimum absolute atomic E-state index is 0.123. The second-order valence-corrected chi connectivity index (χ2v) is 11.9. The van der Waals surface area contributed by atoms with E-state index in [1.54, 1.807) is 34.6 Å². The second-order valence-electron chi connectivity index (χ2n) is 11.9. The zero-order chi connectivity index (χ0) is 30.3. The number of benzene rings is 1. The van der Waals surface area contributed by atoms with Crippen molar-refractivity contribution >= 4 is 34.7 Å². The summed E-state index contributed by atoms with van der Waals surface area (Å²) in [6, 6.07) is 5.62. The van der Waals surface area contributed by atoms with Gasteiger partial charge in [0.15, 0.2) is 5.78 Å². The quantitative estimate of drug-likeness (QED) is 0.319. The van der Waals surface area contributed by atoms with Crippen LogP contribution in [-0.2, 0) is 30.3 Å². The lowest BCUT2D eigenvalue weighted by molar-refractivity contribution is -0.143. The highest BCUT2D eigenvalue weighted by molar-refractivity contribution is 5.99. The fourth-order valence-electron chi connectivity index (χ4n) is 5.22. The van der Waals surface area contributed by atoms with Gasteiger partial charge in [-0.2, -0.15) is 0 Å². The number of Topliss-reactive ketones (excluding diaryl/α,β-unsaturated/α-hetero) is 1. The van der Waals surface area contributed by atoms with Crippen LogP contribution in [-0.4, -0.2) is 60.6 Å². The summed E-state index contributed by atoms with van der Waals surface area (Å²) in [5.41, 5.74) is 0.669. The first-order valence-electron chi connectivity index (χ1n) is 14.5. The first-order chi connectivity index (χ1) is 19.3. The van der Waals surface area contributed by atoms with Gasteiger partial charge in [-0.15, -0.1) is 0 Å². The molecular weight excluding hydrogens is 526 g/mol. The predicted octanol–water partition coefficient (Wildman–Crippen LogP) is 4.39. The molecule has 226 valence electrons. The van der Waals surface area contributed by atoms with E-state index in [-0.39, 0.29) is 43.2 Å². The number of ketones is 1. The maximum atomic E-state index is 14.5. The summed E-state index contributed by atoms with van der Waals surface area (Å²) in [6.07, 6.45) is 1.39. The zero-order valence-electron chi connectivity index (χ0n) is 25.3. The van der Waals surface area contributed by atoms with E-state index in [9.17, 15) is 19.2 Å². The van der Waals surface area contributed by atoms with Gasteiger partial charge in [0, 0.05) is 23.4 Å². The maximum absolute atomic E-state index is 14.5. The van der Waals surface area contributed by atoms with E-state index >= 15 is 0 Å². The molecule has 1 aliphatic heterocycles. The molecule has 1 aromatic heterocycles. The first-order valence-corrected chi connectivity index (χ1v) is 14.5. The predicted molar refractivity (Wildman–Crippen MR) is 156 cm³/mol. The number of carbonyl (C=O) groups excluding carboxylic acids is 4. The Kier molecular flexibility index (Phi) is 11.0. The van der Waals surface area contributed by atoms with Gasteiger partial charge in [-0.05, 0) is 66.0 Å². The van der Waals surface area contributed by atoms with Crippen LogP contribution in [0.3, 0.4) is 0 Å². The largest absolute Gasteiger partial charge is 0.466 e. The highest BCUT2D eigenvalue weighted by atomic mass is 16.6. The van der Waals surface area contributed by atoms with Crippen LogP contribution in [0.25, 0.3) is 11.0 Å². The summed E-state index contributed by atoms with van der Waals surface area (Å²) in [4.78, 5) is 52.1. The summed E-state index contributed by atoms with van der Waals surface area (Å²) < 4.78 is 16.6. The van der Waals surface area contributed by atoms with Crippen molar-refractivity contribution in [3.63, 3.8) is 0 Å². The number of para-hydroxylation sites is 1. The molecule has 1 saturated heterocycles. The molecule has 1 aliphatic rings. The zero-order valence-corrected chi connectivity index (χ0v) is 25.3. The number of carbonyl (C=O) groups is 4. The van der Waals surface area contributed by atoms with Gasteiger partial charge in [0.2, 0.25) is 5.91 Å². The maximum Gasteiger partial charge on any atom is 0.408 e. The number of hydrogen-bond donors (Lipinski definition) is 3. The molecule has 4 unspecified atom stereocenters. The fraction of sp³-hybridized carbons (Fsp3) is 0.613. The third kappa shape index (κ3) is 8.55. The summed E-state index contributed by atoms with van der Waals surface area (Å²) in [6.45, 7) is 13.3. The van der Waals surface area contributed by atoms with Gasteiger partial charge >= 0.3 is 12.1 Å². The van der Waals surface area contributed by atoms with Gasteiger partial charge in [0.1, 0.15) is 23.0 Å². The SMILES string of the molecule is CCOC(=O)CCc1oc2ccccc2c1C(C(=O)C(NC(=O)C(C)NC(=O)OC(C)(C)C)C(C)C)C1CCCN1. The lowest BCUT2D eigenvalue weighted by atomic mass is 9.79. The Labute approximate surface area is 242 Å². The van der Waals surface area contributed by atoms with Crippen LogP contribution in [0.1, 0.15) is 85.0 Å². The molecule has 2 heterocycles. The highest BCUT2D eigenvalue weighted by Crippen LogP contribution is 2.38. The third-order valence-electron chi connectivity index (χ3n) is 7.09.